The Morgan fingerprint density at radius 2 is 1.75 bits per heavy atom. The van der Waals surface area contributed by atoms with Crippen LogP contribution in [0.3, 0.4) is 0 Å². The van der Waals surface area contributed by atoms with Gasteiger partial charge in [0.05, 0.1) is 0 Å². The van der Waals surface area contributed by atoms with Crippen LogP contribution in [0.15, 0.2) is 29.6 Å². The SMILES string of the molecule is Fc1cccccsc(F)c1F. The Balaban J connectivity index is 3.42. The summed E-state index contributed by atoms with van der Waals surface area (Å²) < 4.78 is 37.7. The molecule has 0 radical (unpaired) electrons. The third-order valence-corrected chi connectivity index (χ3v) is 1.78. The molecule has 1 rings (SSSR count). The summed E-state index contributed by atoms with van der Waals surface area (Å²) in [4.78, 5) is 0. The van der Waals surface area contributed by atoms with Crippen LogP contribution in [0, 0.1) is 16.8 Å². The fourth-order valence-corrected chi connectivity index (χ4v) is 1.06. The smallest absolute Gasteiger partial charge is 0.204 e. The summed E-state index contributed by atoms with van der Waals surface area (Å²) >= 11 is 0.503. The standard InChI is InChI=1S/C8H5F3S/c9-6-4-2-1-3-5-12-8(11)7(6)10/h1-5H. The van der Waals surface area contributed by atoms with Crippen LogP contribution in [0.2, 0.25) is 0 Å². The molecule has 0 aliphatic rings. The van der Waals surface area contributed by atoms with E-state index < -0.39 is 16.8 Å². The van der Waals surface area contributed by atoms with Crippen molar-refractivity contribution < 1.29 is 13.2 Å². The summed E-state index contributed by atoms with van der Waals surface area (Å²) in [7, 11) is 0. The lowest BCUT2D eigenvalue weighted by atomic mass is 10.4. The molecule has 0 atom stereocenters. The molecule has 0 bridgehead atoms. The van der Waals surface area contributed by atoms with Gasteiger partial charge in [0.2, 0.25) is 10.9 Å². The summed E-state index contributed by atoms with van der Waals surface area (Å²) in [5.74, 6) is -2.64. The van der Waals surface area contributed by atoms with E-state index in [2.05, 4.69) is 0 Å². The van der Waals surface area contributed by atoms with Crippen molar-refractivity contribution in [2.45, 2.75) is 0 Å². The van der Waals surface area contributed by atoms with E-state index >= 15 is 0 Å². The lowest BCUT2D eigenvalue weighted by Gasteiger charge is -1.84. The van der Waals surface area contributed by atoms with Gasteiger partial charge in [0, 0.05) is 0 Å². The normalized spacial score (nSPS) is 9.25. The third-order valence-electron chi connectivity index (χ3n) is 1.10. The van der Waals surface area contributed by atoms with E-state index in [1.165, 1.54) is 23.6 Å². The van der Waals surface area contributed by atoms with Gasteiger partial charge in [-0.2, -0.15) is 8.78 Å². The van der Waals surface area contributed by atoms with Gasteiger partial charge in [-0.25, -0.2) is 4.39 Å². The van der Waals surface area contributed by atoms with Gasteiger partial charge in [-0.3, -0.25) is 0 Å². The van der Waals surface area contributed by atoms with Crippen molar-refractivity contribution in [1.29, 1.82) is 0 Å². The largest absolute Gasteiger partial charge is 0.215 e. The van der Waals surface area contributed by atoms with Crippen LogP contribution in [0.1, 0.15) is 0 Å². The lowest BCUT2D eigenvalue weighted by Crippen LogP contribution is -1.81. The molecule has 0 aliphatic heterocycles. The van der Waals surface area contributed by atoms with Crippen LogP contribution in [0.25, 0.3) is 0 Å². The van der Waals surface area contributed by atoms with Gasteiger partial charge < -0.3 is 0 Å². The van der Waals surface area contributed by atoms with Crippen molar-refractivity contribution in [2.75, 3.05) is 0 Å². The highest BCUT2D eigenvalue weighted by Crippen LogP contribution is 2.09. The number of rotatable bonds is 0. The summed E-state index contributed by atoms with van der Waals surface area (Å²) in [5.41, 5.74) is 0. The van der Waals surface area contributed by atoms with Crippen LogP contribution in [0.5, 0.6) is 0 Å². The summed E-state index contributed by atoms with van der Waals surface area (Å²) in [6, 6.07) is 5.14. The zero-order valence-corrected chi connectivity index (χ0v) is 6.75. The maximum absolute atomic E-state index is 12.6. The second-order valence-corrected chi connectivity index (χ2v) is 2.80. The highest BCUT2D eigenvalue weighted by Gasteiger charge is 2.03. The first kappa shape index (κ1) is 9.06. The maximum Gasteiger partial charge on any atom is 0.215 e. The molecule has 0 aliphatic carbocycles. The minimum atomic E-state index is -1.45. The van der Waals surface area contributed by atoms with Gasteiger partial charge in [0.25, 0.3) is 0 Å². The number of hydrogen-bond donors (Lipinski definition) is 0. The van der Waals surface area contributed by atoms with Gasteiger partial charge in [-0.05, 0) is 11.4 Å². The van der Waals surface area contributed by atoms with E-state index in [-0.39, 0.29) is 0 Å². The van der Waals surface area contributed by atoms with Crippen molar-refractivity contribution >= 4 is 11.3 Å². The molecule has 1 aromatic rings. The van der Waals surface area contributed by atoms with Gasteiger partial charge in [0.1, 0.15) is 0 Å². The molecule has 4 heteroatoms. The van der Waals surface area contributed by atoms with E-state index in [0.717, 1.165) is 6.07 Å². The molecule has 0 fully saturated rings. The highest BCUT2D eigenvalue weighted by molar-refractivity contribution is 7.07. The molecule has 0 N–H and O–H groups in total. The lowest BCUT2D eigenvalue weighted by molar-refractivity contribution is 0.461. The zero-order valence-electron chi connectivity index (χ0n) is 5.93. The molecule has 0 spiro atoms. The molecule has 0 saturated heterocycles. The first-order valence-electron chi connectivity index (χ1n) is 3.13. The maximum atomic E-state index is 12.6. The Bertz CT molecular complexity index is 288. The van der Waals surface area contributed by atoms with Crippen molar-refractivity contribution in [3.8, 4) is 0 Å². The Morgan fingerprint density at radius 1 is 1.00 bits per heavy atom. The molecule has 0 unspecified atom stereocenters. The van der Waals surface area contributed by atoms with Crippen LogP contribution in [0.4, 0.5) is 13.2 Å². The van der Waals surface area contributed by atoms with Crippen molar-refractivity contribution in [3.63, 3.8) is 0 Å². The highest BCUT2D eigenvalue weighted by atomic mass is 32.1. The second kappa shape index (κ2) is 4.11. The first-order chi connectivity index (χ1) is 5.72. The topological polar surface area (TPSA) is 0 Å². The van der Waals surface area contributed by atoms with Gasteiger partial charge in [-0.15, -0.1) is 11.3 Å². The van der Waals surface area contributed by atoms with E-state index in [0.29, 0.717) is 11.3 Å². The Labute approximate surface area is 71.6 Å². The number of halogens is 3. The van der Waals surface area contributed by atoms with E-state index in [9.17, 15) is 13.2 Å². The Hall–Kier alpha value is -1.03. The minimum absolute atomic E-state index is 0.503. The molecule has 1 heterocycles. The molecule has 1 aromatic heterocycles. The fraction of sp³-hybridized carbons (Fsp3) is 0. The van der Waals surface area contributed by atoms with Crippen LogP contribution in [-0.4, -0.2) is 0 Å². The second-order valence-electron chi connectivity index (χ2n) is 1.93. The van der Waals surface area contributed by atoms with Crippen LogP contribution >= 0.6 is 11.3 Å². The van der Waals surface area contributed by atoms with E-state index in [4.69, 9.17) is 0 Å². The van der Waals surface area contributed by atoms with Gasteiger partial charge in [0.15, 0.2) is 5.82 Å². The first-order valence-corrected chi connectivity index (χ1v) is 4.01. The zero-order chi connectivity index (χ0) is 8.97. The quantitative estimate of drug-likeness (QED) is 0.588. The van der Waals surface area contributed by atoms with Crippen molar-refractivity contribution in [1.82, 2.24) is 0 Å². The monoisotopic (exact) mass is 190 g/mol. The summed E-state index contributed by atoms with van der Waals surface area (Å²) in [5, 5.41) is 0.168. The third kappa shape index (κ3) is 2.23. The molecule has 0 amide bonds. The number of hydrogen-bond acceptors (Lipinski definition) is 1. The van der Waals surface area contributed by atoms with Crippen molar-refractivity contribution in [2.24, 2.45) is 0 Å². The molecule has 0 nitrogen and oxygen atoms in total. The van der Waals surface area contributed by atoms with Crippen LogP contribution < -0.4 is 0 Å². The Kier molecular flexibility index (Phi) is 3.10. The average molecular weight is 190 g/mol. The predicted molar refractivity (Wildman–Crippen MR) is 41.8 cm³/mol. The molecule has 0 aromatic carbocycles. The van der Waals surface area contributed by atoms with Gasteiger partial charge >= 0.3 is 0 Å². The fourth-order valence-electron chi connectivity index (χ4n) is 0.567. The van der Waals surface area contributed by atoms with Gasteiger partial charge in [-0.1, -0.05) is 18.2 Å². The molecule has 12 heavy (non-hydrogen) atoms. The van der Waals surface area contributed by atoms with E-state index in [1.54, 1.807) is 0 Å². The minimum Gasteiger partial charge on any atom is -0.204 e. The molecular weight excluding hydrogens is 185 g/mol. The average Bonchev–Trinajstić information content (AvgIpc) is 2.12. The molecule has 64 valence electrons. The summed E-state index contributed by atoms with van der Waals surface area (Å²) in [6.07, 6.45) is 0. The van der Waals surface area contributed by atoms with E-state index in [1.807, 2.05) is 0 Å². The molecule has 0 saturated carbocycles. The van der Waals surface area contributed by atoms with Crippen LogP contribution in [-0.2, 0) is 0 Å². The molecular formula is C8H5F3S. The predicted octanol–water partition coefficient (Wildman–Crippen LogP) is 3.29. The summed E-state index contributed by atoms with van der Waals surface area (Å²) in [6.45, 7) is 0. The Morgan fingerprint density at radius 3 is 2.50 bits per heavy atom. The van der Waals surface area contributed by atoms with Crippen molar-refractivity contribution in [3.05, 3.63) is 46.4 Å².